The van der Waals surface area contributed by atoms with Crippen molar-refractivity contribution in [2.45, 2.75) is 57.1 Å². The highest BCUT2D eigenvalue weighted by Crippen LogP contribution is 2.25. The molecule has 0 saturated carbocycles. The van der Waals surface area contributed by atoms with E-state index in [0.717, 1.165) is 5.56 Å². The lowest BCUT2D eigenvalue weighted by Crippen LogP contribution is -2.31. The lowest BCUT2D eigenvalue weighted by atomic mass is 9.87. The zero-order chi connectivity index (χ0) is 24.2. The zero-order valence-electron chi connectivity index (χ0n) is 19.4. The van der Waals surface area contributed by atoms with Crippen molar-refractivity contribution in [1.29, 1.82) is 0 Å². The van der Waals surface area contributed by atoms with E-state index in [9.17, 15) is 18.3 Å². The van der Waals surface area contributed by atoms with Crippen LogP contribution < -0.4 is 0 Å². The van der Waals surface area contributed by atoms with Crippen LogP contribution in [0, 0.1) is 0 Å². The normalized spacial score (nSPS) is 13.1. The van der Waals surface area contributed by atoms with Gasteiger partial charge in [-0.05, 0) is 46.7 Å². The minimum Gasteiger partial charge on any atom is -0.481 e. The van der Waals surface area contributed by atoms with Crippen LogP contribution in [0.5, 0.6) is 0 Å². The van der Waals surface area contributed by atoms with Crippen LogP contribution in [0.15, 0.2) is 78.0 Å². The molecule has 0 radical (unpaired) electrons. The fraction of sp³-hybridized carbons (Fsp3) is 0.308. The second-order valence-corrected chi connectivity index (χ2v) is 11.1. The molecule has 2 aromatic carbocycles. The summed E-state index contributed by atoms with van der Waals surface area (Å²) in [6, 6.07) is 19.8. The molecule has 0 amide bonds. The van der Waals surface area contributed by atoms with Gasteiger partial charge in [0, 0.05) is 19.3 Å². The maximum Gasteiger partial charge on any atom is 0.310 e. The van der Waals surface area contributed by atoms with Gasteiger partial charge >= 0.3 is 5.97 Å². The molecule has 1 N–H and O–H groups in total. The molecule has 0 aliphatic carbocycles. The Bertz CT molecular complexity index is 1200. The van der Waals surface area contributed by atoms with Gasteiger partial charge in [-0.3, -0.25) is 4.79 Å². The van der Waals surface area contributed by atoms with Crippen molar-refractivity contribution < 1.29 is 18.3 Å². The van der Waals surface area contributed by atoms with Crippen molar-refractivity contribution in [3.63, 3.8) is 0 Å². The third-order valence-corrected chi connectivity index (χ3v) is 7.31. The van der Waals surface area contributed by atoms with Gasteiger partial charge in [-0.25, -0.2) is 13.4 Å². The predicted octanol–water partition coefficient (Wildman–Crippen LogP) is 4.96. The van der Waals surface area contributed by atoms with Crippen LogP contribution in [0.4, 0.5) is 0 Å². The average molecular weight is 467 g/mol. The van der Waals surface area contributed by atoms with E-state index in [1.165, 1.54) is 22.1 Å². The van der Waals surface area contributed by atoms with E-state index in [4.69, 9.17) is 0 Å². The number of aromatic nitrogens is 1. The monoisotopic (exact) mass is 466 g/mol. The lowest BCUT2D eigenvalue weighted by molar-refractivity contribution is -0.138. The third kappa shape index (κ3) is 6.06. The number of sulfonamides is 1. The predicted molar refractivity (Wildman–Crippen MR) is 128 cm³/mol. The standard InChI is InChI=1S/C26H30N2O4S/c1-19(25(29)30)22-9-7-8-21(16-22)18-28(33(31,32)24-10-5-6-15-27-24)17-20-11-13-23(14-12-20)26(2,3)4/h5-16,19H,17-18H2,1-4H3,(H,29,30). The number of hydrogen-bond acceptors (Lipinski definition) is 4. The van der Waals surface area contributed by atoms with Crippen molar-refractivity contribution >= 4 is 16.0 Å². The van der Waals surface area contributed by atoms with Gasteiger partial charge in [-0.2, -0.15) is 4.31 Å². The van der Waals surface area contributed by atoms with E-state index in [1.54, 1.807) is 37.3 Å². The van der Waals surface area contributed by atoms with Crippen LogP contribution in [-0.2, 0) is 33.3 Å². The molecule has 1 unspecified atom stereocenters. The molecule has 0 spiro atoms. The first kappa shape index (κ1) is 24.6. The summed E-state index contributed by atoms with van der Waals surface area (Å²) < 4.78 is 28.3. The second-order valence-electron chi connectivity index (χ2n) is 9.19. The number of rotatable bonds is 8. The fourth-order valence-electron chi connectivity index (χ4n) is 3.48. The van der Waals surface area contributed by atoms with E-state index >= 15 is 0 Å². The van der Waals surface area contributed by atoms with Crippen molar-refractivity contribution in [3.05, 3.63) is 95.2 Å². The van der Waals surface area contributed by atoms with Crippen LogP contribution in [0.1, 0.15) is 55.9 Å². The molecule has 3 rings (SSSR count). The van der Waals surface area contributed by atoms with Gasteiger partial charge in [-0.1, -0.05) is 75.4 Å². The van der Waals surface area contributed by atoms with E-state index in [2.05, 4.69) is 25.8 Å². The zero-order valence-corrected chi connectivity index (χ0v) is 20.2. The Morgan fingerprint density at radius 1 is 0.970 bits per heavy atom. The Morgan fingerprint density at radius 2 is 1.64 bits per heavy atom. The molecular formula is C26H30N2O4S. The first-order chi connectivity index (χ1) is 15.5. The molecule has 1 heterocycles. The molecule has 33 heavy (non-hydrogen) atoms. The molecule has 0 aliphatic heterocycles. The number of carboxylic acids is 1. The van der Waals surface area contributed by atoms with Gasteiger partial charge in [0.25, 0.3) is 10.0 Å². The molecule has 1 atom stereocenters. The Labute approximate surface area is 196 Å². The molecule has 7 heteroatoms. The number of hydrogen-bond donors (Lipinski definition) is 1. The quantitative estimate of drug-likeness (QED) is 0.507. The van der Waals surface area contributed by atoms with E-state index in [-0.39, 0.29) is 23.5 Å². The minimum atomic E-state index is -3.88. The number of benzene rings is 2. The molecule has 0 bridgehead atoms. The summed E-state index contributed by atoms with van der Waals surface area (Å²) in [7, 11) is -3.88. The number of carboxylic acid groups (broad SMARTS) is 1. The largest absolute Gasteiger partial charge is 0.481 e. The summed E-state index contributed by atoms with van der Waals surface area (Å²) in [5.41, 5.74) is 3.37. The molecule has 6 nitrogen and oxygen atoms in total. The van der Waals surface area contributed by atoms with Crippen LogP contribution >= 0.6 is 0 Å². The summed E-state index contributed by atoms with van der Waals surface area (Å²) in [6.45, 7) is 8.27. The summed E-state index contributed by atoms with van der Waals surface area (Å²) in [6.07, 6.45) is 1.46. The molecule has 1 aromatic heterocycles. The fourth-order valence-corrected chi connectivity index (χ4v) is 4.83. The average Bonchev–Trinajstić information content (AvgIpc) is 2.78. The first-order valence-electron chi connectivity index (χ1n) is 10.8. The highest BCUT2D eigenvalue weighted by Gasteiger charge is 2.27. The number of carbonyl (C=O) groups is 1. The van der Waals surface area contributed by atoms with Crippen molar-refractivity contribution in [2.24, 2.45) is 0 Å². The van der Waals surface area contributed by atoms with Crippen molar-refractivity contribution in [2.75, 3.05) is 0 Å². The van der Waals surface area contributed by atoms with E-state index in [1.807, 2.05) is 30.3 Å². The van der Waals surface area contributed by atoms with Gasteiger partial charge in [0.2, 0.25) is 0 Å². The summed E-state index contributed by atoms with van der Waals surface area (Å²) in [4.78, 5) is 15.5. The van der Waals surface area contributed by atoms with Gasteiger partial charge in [0.1, 0.15) is 0 Å². The molecule has 3 aromatic rings. The first-order valence-corrected chi connectivity index (χ1v) is 12.2. The minimum absolute atomic E-state index is 0.000471. The van der Waals surface area contributed by atoms with Gasteiger partial charge < -0.3 is 5.11 Å². The SMILES string of the molecule is CC(C(=O)O)c1cccc(CN(Cc2ccc(C(C)(C)C)cc2)S(=O)(=O)c2ccccn2)c1. The van der Waals surface area contributed by atoms with Gasteiger partial charge in [0.05, 0.1) is 5.92 Å². The maximum atomic E-state index is 13.5. The Balaban J connectivity index is 1.96. The highest BCUT2D eigenvalue weighted by atomic mass is 32.2. The smallest absolute Gasteiger partial charge is 0.310 e. The molecular weight excluding hydrogens is 436 g/mol. The van der Waals surface area contributed by atoms with Gasteiger partial charge in [0.15, 0.2) is 5.03 Å². The van der Waals surface area contributed by atoms with E-state index in [0.29, 0.717) is 11.1 Å². The molecule has 174 valence electrons. The lowest BCUT2D eigenvalue weighted by Gasteiger charge is -2.23. The second kappa shape index (κ2) is 9.85. The Morgan fingerprint density at radius 3 is 2.21 bits per heavy atom. The Hall–Kier alpha value is -3.03. The number of aliphatic carboxylic acids is 1. The maximum absolute atomic E-state index is 13.5. The molecule has 0 saturated heterocycles. The molecule has 0 fully saturated rings. The topological polar surface area (TPSA) is 87.6 Å². The highest BCUT2D eigenvalue weighted by molar-refractivity contribution is 7.89. The van der Waals surface area contributed by atoms with Crippen molar-refractivity contribution in [1.82, 2.24) is 9.29 Å². The van der Waals surface area contributed by atoms with Crippen molar-refractivity contribution in [3.8, 4) is 0 Å². The Kier molecular flexibility index (Phi) is 7.34. The van der Waals surface area contributed by atoms with Crippen LogP contribution in [0.3, 0.4) is 0 Å². The van der Waals surface area contributed by atoms with Crippen LogP contribution in [-0.4, -0.2) is 28.8 Å². The van der Waals surface area contributed by atoms with Gasteiger partial charge in [-0.15, -0.1) is 0 Å². The van der Waals surface area contributed by atoms with Crippen LogP contribution in [0.25, 0.3) is 0 Å². The summed E-state index contributed by atoms with van der Waals surface area (Å²) in [5.74, 6) is -1.61. The third-order valence-electron chi connectivity index (χ3n) is 5.60. The van der Waals surface area contributed by atoms with E-state index < -0.39 is 21.9 Å². The molecule has 0 aliphatic rings. The van der Waals surface area contributed by atoms with Crippen LogP contribution in [0.2, 0.25) is 0 Å². The summed E-state index contributed by atoms with van der Waals surface area (Å²) >= 11 is 0. The summed E-state index contributed by atoms with van der Waals surface area (Å²) in [5, 5.41) is 9.32. The number of pyridine rings is 1. The number of nitrogens with zero attached hydrogens (tertiary/aromatic N) is 2.